The maximum Gasteiger partial charge on any atom is 0.126 e. The van der Waals surface area contributed by atoms with Crippen LogP contribution in [0.1, 0.15) is 76.3 Å². The summed E-state index contributed by atoms with van der Waals surface area (Å²) in [6, 6.07) is 16.5. The Morgan fingerprint density at radius 3 is 1.30 bits per heavy atom. The van der Waals surface area contributed by atoms with Gasteiger partial charge in [-0.15, -0.1) is 0 Å². The zero-order chi connectivity index (χ0) is 21.3. The third-order valence-corrected chi connectivity index (χ3v) is 5.08. The molecule has 0 bridgehead atoms. The lowest BCUT2D eigenvalue weighted by Gasteiger charge is -2.09. The maximum atomic E-state index is 5.95. The van der Waals surface area contributed by atoms with Gasteiger partial charge in [-0.2, -0.15) is 0 Å². The zero-order valence-electron chi connectivity index (χ0n) is 18.8. The van der Waals surface area contributed by atoms with Crippen LogP contribution in [0.15, 0.2) is 60.7 Å². The molecule has 2 nitrogen and oxygen atoms in total. The Kier molecular flexibility index (Phi) is 12.2. The quantitative estimate of drug-likeness (QED) is 0.277. The SMILES string of the molecule is C/C=C/c1ccccc1OCCCCCCCCCCOc1ccccc1/C=C/C. The molecule has 0 heterocycles. The van der Waals surface area contributed by atoms with Gasteiger partial charge >= 0.3 is 0 Å². The highest BCUT2D eigenvalue weighted by Gasteiger charge is 2.00. The summed E-state index contributed by atoms with van der Waals surface area (Å²) < 4.78 is 11.9. The molecule has 0 saturated heterocycles. The minimum absolute atomic E-state index is 0.806. The molecule has 0 atom stereocenters. The molecule has 0 radical (unpaired) electrons. The van der Waals surface area contributed by atoms with Crippen LogP contribution in [-0.2, 0) is 0 Å². The monoisotopic (exact) mass is 406 g/mol. The van der Waals surface area contributed by atoms with Crippen LogP contribution in [0.4, 0.5) is 0 Å². The molecule has 0 aliphatic carbocycles. The van der Waals surface area contributed by atoms with Crippen molar-refractivity contribution in [1.29, 1.82) is 0 Å². The van der Waals surface area contributed by atoms with Gasteiger partial charge in [-0.1, -0.05) is 99.2 Å². The number of hydrogen-bond donors (Lipinski definition) is 0. The molecule has 2 rings (SSSR count). The van der Waals surface area contributed by atoms with Crippen LogP contribution in [0.5, 0.6) is 11.5 Å². The lowest BCUT2D eigenvalue weighted by atomic mass is 10.1. The summed E-state index contributed by atoms with van der Waals surface area (Å²) in [5.41, 5.74) is 2.32. The highest BCUT2D eigenvalue weighted by Crippen LogP contribution is 2.21. The van der Waals surface area contributed by atoms with Gasteiger partial charge in [-0.05, 0) is 38.8 Å². The number of allylic oxidation sites excluding steroid dienone is 2. The molecule has 0 fully saturated rings. The summed E-state index contributed by atoms with van der Waals surface area (Å²) >= 11 is 0. The predicted octanol–water partition coefficient (Wildman–Crippen LogP) is 8.33. The Bertz CT molecular complexity index is 695. The van der Waals surface area contributed by atoms with Crippen molar-refractivity contribution in [3.8, 4) is 11.5 Å². The van der Waals surface area contributed by atoms with Crippen LogP contribution in [0.3, 0.4) is 0 Å². The van der Waals surface area contributed by atoms with E-state index >= 15 is 0 Å². The molecule has 0 N–H and O–H groups in total. The minimum atomic E-state index is 0.806. The second-order valence-electron chi connectivity index (χ2n) is 7.60. The van der Waals surface area contributed by atoms with Gasteiger partial charge < -0.3 is 9.47 Å². The summed E-state index contributed by atoms with van der Waals surface area (Å²) in [5.74, 6) is 1.98. The number of unbranched alkanes of at least 4 members (excludes halogenated alkanes) is 7. The highest BCUT2D eigenvalue weighted by molar-refractivity contribution is 5.57. The van der Waals surface area contributed by atoms with Crippen LogP contribution in [0, 0.1) is 0 Å². The van der Waals surface area contributed by atoms with E-state index < -0.39 is 0 Å². The van der Waals surface area contributed by atoms with Crippen molar-refractivity contribution < 1.29 is 9.47 Å². The molecule has 0 spiro atoms. The largest absolute Gasteiger partial charge is 0.493 e. The van der Waals surface area contributed by atoms with Crippen LogP contribution in [-0.4, -0.2) is 13.2 Å². The van der Waals surface area contributed by atoms with Crippen molar-refractivity contribution in [3.05, 3.63) is 71.8 Å². The first-order valence-corrected chi connectivity index (χ1v) is 11.5. The number of ether oxygens (including phenoxy) is 2. The van der Waals surface area contributed by atoms with Crippen LogP contribution < -0.4 is 9.47 Å². The molecule has 0 aromatic heterocycles. The lowest BCUT2D eigenvalue weighted by Crippen LogP contribution is -1.99. The Hall–Kier alpha value is -2.48. The van der Waals surface area contributed by atoms with Gasteiger partial charge in [0, 0.05) is 11.1 Å². The topological polar surface area (TPSA) is 18.5 Å². The third-order valence-electron chi connectivity index (χ3n) is 5.08. The van der Waals surface area contributed by atoms with Crippen molar-refractivity contribution >= 4 is 12.2 Å². The third kappa shape index (κ3) is 9.35. The van der Waals surface area contributed by atoms with Gasteiger partial charge in [-0.25, -0.2) is 0 Å². The summed E-state index contributed by atoms with van der Waals surface area (Å²) in [4.78, 5) is 0. The van der Waals surface area contributed by atoms with Gasteiger partial charge in [0.15, 0.2) is 0 Å². The van der Waals surface area contributed by atoms with Crippen molar-refractivity contribution in [2.24, 2.45) is 0 Å². The Labute approximate surface area is 183 Å². The van der Waals surface area contributed by atoms with Crippen LogP contribution in [0.2, 0.25) is 0 Å². The predicted molar refractivity (Wildman–Crippen MR) is 130 cm³/mol. The van der Waals surface area contributed by atoms with E-state index in [0.717, 1.165) is 48.7 Å². The van der Waals surface area contributed by atoms with Gasteiger partial charge in [0.2, 0.25) is 0 Å². The fourth-order valence-electron chi connectivity index (χ4n) is 3.49. The first-order valence-electron chi connectivity index (χ1n) is 11.5. The van der Waals surface area contributed by atoms with E-state index in [1.807, 2.05) is 26.0 Å². The molecular formula is C28H38O2. The molecule has 0 aliphatic heterocycles. The van der Waals surface area contributed by atoms with Gasteiger partial charge in [0.1, 0.15) is 11.5 Å². The lowest BCUT2D eigenvalue weighted by molar-refractivity contribution is 0.300. The van der Waals surface area contributed by atoms with E-state index in [9.17, 15) is 0 Å². The molecule has 0 amide bonds. The van der Waals surface area contributed by atoms with Gasteiger partial charge in [0.25, 0.3) is 0 Å². The molecule has 0 saturated carbocycles. The first kappa shape index (κ1) is 23.8. The normalized spacial score (nSPS) is 11.4. The number of rotatable bonds is 15. The molecule has 0 unspecified atom stereocenters. The maximum absolute atomic E-state index is 5.95. The van der Waals surface area contributed by atoms with E-state index in [-0.39, 0.29) is 0 Å². The molecular weight excluding hydrogens is 368 g/mol. The highest BCUT2D eigenvalue weighted by atomic mass is 16.5. The Morgan fingerprint density at radius 2 is 0.900 bits per heavy atom. The average Bonchev–Trinajstić information content (AvgIpc) is 2.77. The van der Waals surface area contributed by atoms with Gasteiger partial charge in [0.05, 0.1) is 13.2 Å². The molecule has 30 heavy (non-hydrogen) atoms. The molecule has 162 valence electrons. The van der Waals surface area contributed by atoms with Crippen molar-refractivity contribution in [2.45, 2.75) is 65.2 Å². The summed E-state index contributed by atoms with van der Waals surface area (Å²) in [6.45, 7) is 5.68. The molecule has 2 heteroatoms. The Morgan fingerprint density at radius 1 is 0.533 bits per heavy atom. The Balaban J connectivity index is 1.45. The van der Waals surface area contributed by atoms with Crippen molar-refractivity contribution in [2.75, 3.05) is 13.2 Å². The standard InChI is InChI=1S/C28H38O2/c1-3-17-25-19-11-13-21-27(25)29-23-15-9-7-5-6-8-10-16-24-30-28-22-14-12-20-26(28)18-4-2/h3-4,11-14,17-22H,5-10,15-16,23-24H2,1-2H3/b17-3+,18-4+. The van der Waals surface area contributed by atoms with E-state index in [0.29, 0.717) is 0 Å². The second kappa shape index (κ2) is 15.4. The van der Waals surface area contributed by atoms with Crippen molar-refractivity contribution in [1.82, 2.24) is 0 Å². The zero-order valence-corrected chi connectivity index (χ0v) is 18.8. The van der Waals surface area contributed by atoms with E-state index in [2.05, 4.69) is 60.7 Å². The number of para-hydroxylation sites is 2. The van der Waals surface area contributed by atoms with E-state index in [4.69, 9.17) is 9.47 Å². The molecule has 2 aromatic rings. The van der Waals surface area contributed by atoms with E-state index in [1.54, 1.807) is 0 Å². The average molecular weight is 407 g/mol. The first-order chi connectivity index (χ1) is 14.8. The number of hydrogen-bond acceptors (Lipinski definition) is 2. The second-order valence-corrected chi connectivity index (χ2v) is 7.60. The molecule has 2 aromatic carbocycles. The smallest absolute Gasteiger partial charge is 0.126 e. The van der Waals surface area contributed by atoms with Crippen LogP contribution in [0.25, 0.3) is 12.2 Å². The van der Waals surface area contributed by atoms with E-state index in [1.165, 1.54) is 38.5 Å². The van der Waals surface area contributed by atoms with Gasteiger partial charge in [-0.3, -0.25) is 0 Å². The minimum Gasteiger partial charge on any atom is -0.493 e. The molecule has 0 aliphatic rings. The van der Waals surface area contributed by atoms with Crippen molar-refractivity contribution in [3.63, 3.8) is 0 Å². The summed E-state index contributed by atoms with van der Waals surface area (Å²) in [6.07, 6.45) is 18.3. The fourth-order valence-corrected chi connectivity index (χ4v) is 3.49. The summed E-state index contributed by atoms with van der Waals surface area (Å²) in [5, 5.41) is 0. The van der Waals surface area contributed by atoms with Crippen LogP contribution >= 0.6 is 0 Å². The fraction of sp³-hybridized carbons (Fsp3) is 0.429. The number of benzene rings is 2. The summed E-state index contributed by atoms with van der Waals surface area (Å²) in [7, 11) is 0.